The third-order valence-electron chi connectivity index (χ3n) is 6.43. The van der Waals surface area contributed by atoms with Gasteiger partial charge in [-0.25, -0.2) is 0 Å². The maximum absolute atomic E-state index is 12.6. The van der Waals surface area contributed by atoms with Gasteiger partial charge in [-0.3, -0.25) is 9.59 Å². The zero-order valence-electron chi connectivity index (χ0n) is 14.9. The fourth-order valence-corrected chi connectivity index (χ4v) is 5.29. The van der Waals surface area contributed by atoms with Crippen molar-refractivity contribution in [1.82, 2.24) is 0 Å². The fourth-order valence-electron chi connectivity index (χ4n) is 5.09. The Bertz CT molecular complexity index is 715. The molecular weight excluding hydrogens is 348 g/mol. The monoisotopic (exact) mass is 372 g/mol. The molecule has 4 heteroatoms. The molecule has 0 aromatic heterocycles. The van der Waals surface area contributed by atoms with E-state index >= 15 is 0 Å². The van der Waals surface area contributed by atoms with Crippen LogP contribution in [-0.2, 0) is 14.3 Å². The molecule has 0 aromatic rings. The van der Waals surface area contributed by atoms with Gasteiger partial charge in [0.25, 0.3) is 0 Å². The van der Waals surface area contributed by atoms with Crippen molar-refractivity contribution in [2.24, 2.45) is 29.6 Å². The Morgan fingerprint density at radius 1 is 1.15 bits per heavy atom. The van der Waals surface area contributed by atoms with Crippen LogP contribution >= 0.6 is 11.6 Å². The smallest absolute Gasteiger partial charge is 0.308 e. The molecule has 1 fully saturated rings. The molecule has 1 saturated carbocycles. The van der Waals surface area contributed by atoms with Crippen LogP contribution in [0.15, 0.2) is 47.6 Å². The van der Waals surface area contributed by atoms with Crippen molar-refractivity contribution in [3.63, 3.8) is 0 Å². The maximum Gasteiger partial charge on any atom is 0.308 e. The minimum absolute atomic E-state index is 0.153. The Balaban J connectivity index is 1.42. The average molecular weight is 373 g/mol. The molecule has 0 N–H and O–H groups in total. The lowest BCUT2D eigenvalue weighted by molar-refractivity contribution is -0.151. The Morgan fingerprint density at radius 3 is 2.81 bits per heavy atom. The van der Waals surface area contributed by atoms with Crippen LogP contribution in [0.3, 0.4) is 0 Å². The highest BCUT2D eigenvalue weighted by Gasteiger charge is 2.41. The number of hydrogen-bond donors (Lipinski definition) is 0. The lowest BCUT2D eigenvalue weighted by atomic mass is 9.81. The Kier molecular flexibility index (Phi) is 5.17. The number of allylic oxidation sites excluding steroid dienone is 7. The third kappa shape index (κ3) is 3.34. The second kappa shape index (κ2) is 7.56. The van der Waals surface area contributed by atoms with Crippen LogP contribution in [0.5, 0.6) is 0 Å². The lowest BCUT2D eigenvalue weighted by Crippen LogP contribution is -2.29. The van der Waals surface area contributed by atoms with Crippen LogP contribution < -0.4 is 0 Å². The summed E-state index contributed by atoms with van der Waals surface area (Å²) in [5, 5.41) is -0.316. The maximum atomic E-state index is 12.6. The summed E-state index contributed by atoms with van der Waals surface area (Å²) < 4.78 is 5.78. The van der Waals surface area contributed by atoms with E-state index in [-0.39, 0.29) is 29.0 Å². The molecule has 0 bridgehead atoms. The van der Waals surface area contributed by atoms with E-state index in [0.29, 0.717) is 24.9 Å². The summed E-state index contributed by atoms with van der Waals surface area (Å²) in [5.41, 5.74) is 2.89. The van der Waals surface area contributed by atoms with E-state index in [1.54, 1.807) is 0 Å². The molecule has 0 aliphatic heterocycles. The standard InChI is InChI=1S/C22H25ClO3/c23-21(24)14-6-5-7-15(12-14)22(25)26-13-20-18-10-3-1-8-16(18)17-9-2-4-11-19(17)20/h1-3,8-10,14-16,18,20H,4-7,11-13H2. The number of carbonyl (C=O) groups excluding carboxylic acids is 2. The molecule has 0 aromatic carbocycles. The van der Waals surface area contributed by atoms with Crippen molar-refractivity contribution >= 4 is 22.8 Å². The van der Waals surface area contributed by atoms with Crippen LogP contribution in [-0.4, -0.2) is 17.8 Å². The van der Waals surface area contributed by atoms with E-state index in [2.05, 4.69) is 36.5 Å². The van der Waals surface area contributed by atoms with Gasteiger partial charge >= 0.3 is 5.97 Å². The highest BCUT2D eigenvalue weighted by Crippen LogP contribution is 2.48. The van der Waals surface area contributed by atoms with Crippen LogP contribution in [0.4, 0.5) is 0 Å². The molecule has 26 heavy (non-hydrogen) atoms. The van der Waals surface area contributed by atoms with Crippen LogP contribution in [0.1, 0.15) is 38.5 Å². The Morgan fingerprint density at radius 2 is 1.96 bits per heavy atom. The van der Waals surface area contributed by atoms with E-state index in [9.17, 15) is 9.59 Å². The Hall–Kier alpha value is -1.61. The first-order valence-corrected chi connectivity index (χ1v) is 10.1. The molecule has 0 saturated heterocycles. The first-order valence-electron chi connectivity index (χ1n) is 9.75. The fraction of sp³-hybridized carbons (Fsp3) is 0.545. The predicted molar refractivity (Wildman–Crippen MR) is 101 cm³/mol. The van der Waals surface area contributed by atoms with Crippen molar-refractivity contribution in [3.8, 4) is 0 Å². The van der Waals surface area contributed by atoms with Gasteiger partial charge in [0.15, 0.2) is 0 Å². The number of rotatable bonds is 4. The number of carbonyl (C=O) groups is 2. The van der Waals surface area contributed by atoms with Gasteiger partial charge in [-0.1, -0.05) is 48.5 Å². The van der Waals surface area contributed by atoms with Crippen LogP contribution in [0.2, 0.25) is 0 Å². The van der Waals surface area contributed by atoms with Gasteiger partial charge in [0.1, 0.15) is 0 Å². The zero-order valence-corrected chi connectivity index (χ0v) is 15.7. The molecule has 138 valence electrons. The number of halogens is 1. The largest absolute Gasteiger partial charge is 0.465 e. The summed E-state index contributed by atoms with van der Waals surface area (Å²) in [6.45, 7) is 0.445. The van der Waals surface area contributed by atoms with E-state index in [1.165, 1.54) is 11.1 Å². The average Bonchev–Trinajstić information content (AvgIpc) is 3.00. The topological polar surface area (TPSA) is 43.4 Å². The van der Waals surface area contributed by atoms with Gasteiger partial charge in [-0.15, -0.1) is 0 Å². The molecule has 5 unspecified atom stereocenters. The summed E-state index contributed by atoms with van der Waals surface area (Å²) in [6, 6.07) is 0. The number of ether oxygens (including phenoxy) is 1. The number of esters is 1. The second-order valence-corrected chi connectivity index (χ2v) is 8.27. The molecule has 0 spiro atoms. The van der Waals surface area contributed by atoms with Crippen molar-refractivity contribution < 1.29 is 14.3 Å². The first kappa shape index (κ1) is 17.8. The summed E-state index contributed by atoms with van der Waals surface area (Å²) in [6.07, 6.45) is 18.4. The first-order chi connectivity index (χ1) is 12.6. The Labute approximate surface area is 159 Å². The van der Waals surface area contributed by atoms with E-state index in [4.69, 9.17) is 16.3 Å². The minimum atomic E-state index is -0.316. The molecular formula is C22H25ClO3. The van der Waals surface area contributed by atoms with Crippen molar-refractivity contribution in [2.45, 2.75) is 38.5 Å². The molecule has 3 nitrogen and oxygen atoms in total. The molecule has 0 amide bonds. The summed E-state index contributed by atoms with van der Waals surface area (Å²) in [7, 11) is 0. The highest BCUT2D eigenvalue weighted by molar-refractivity contribution is 6.64. The van der Waals surface area contributed by atoms with Gasteiger partial charge in [0.05, 0.1) is 12.5 Å². The molecule has 4 aliphatic rings. The summed E-state index contributed by atoms with van der Waals surface area (Å²) in [5.74, 6) is 0.560. The quantitative estimate of drug-likeness (QED) is 0.529. The van der Waals surface area contributed by atoms with Gasteiger partial charge < -0.3 is 4.74 Å². The number of hydrogen-bond acceptors (Lipinski definition) is 3. The zero-order chi connectivity index (χ0) is 18.1. The lowest BCUT2D eigenvalue weighted by Gasteiger charge is -2.28. The van der Waals surface area contributed by atoms with Gasteiger partial charge in [0, 0.05) is 17.8 Å². The molecule has 0 heterocycles. The van der Waals surface area contributed by atoms with Crippen LogP contribution in [0.25, 0.3) is 0 Å². The molecule has 4 aliphatic carbocycles. The van der Waals surface area contributed by atoms with E-state index in [0.717, 1.165) is 32.1 Å². The number of fused-ring (bicyclic) bond motifs is 2. The molecule has 5 atom stereocenters. The van der Waals surface area contributed by atoms with E-state index in [1.807, 2.05) is 0 Å². The van der Waals surface area contributed by atoms with E-state index < -0.39 is 0 Å². The van der Waals surface area contributed by atoms with Gasteiger partial charge in [0.2, 0.25) is 5.24 Å². The van der Waals surface area contributed by atoms with Gasteiger partial charge in [-0.05, 0) is 55.2 Å². The predicted octanol–water partition coefficient (Wildman–Crippen LogP) is 4.74. The van der Waals surface area contributed by atoms with Crippen molar-refractivity contribution in [3.05, 3.63) is 47.6 Å². The van der Waals surface area contributed by atoms with Crippen molar-refractivity contribution in [2.75, 3.05) is 6.61 Å². The summed E-state index contributed by atoms with van der Waals surface area (Å²) in [4.78, 5) is 24.0. The molecule has 0 radical (unpaired) electrons. The second-order valence-electron chi connectivity index (χ2n) is 7.90. The SMILES string of the molecule is O=C(Cl)C1CCCC(C(=O)OCC2C3=C(C=CCC3)C3C=CC=CC32)C1. The van der Waals surface area contributed by atoms with Crippen molar-refractivity contribution in [1.29, 1.82) is 0 Å². The van der Waals surface area contributed by atoms with Gasteiger partial charge in [-0.2, -0.15) is 0 Å². The third-order valence-corrected chi connectivity index (χ3v) is 6.74. The normalized spacial score (nSPS) is 35.2. The highest BCUT2D eigenvalue weighted by atomic mass is 35.5. The summed E-state index contributed by atoms with van der Waals surface area (Å²) >= 11 is 5.64. The molecule has 4 rings (SSSR count). The van der Waals surface area contributed by atoms with Crippen LogP contribution in [0, 0.1) is 29.6 Å². The minimum Gasteiger partial charge on any atom is -0.465 e.